The Labute approximate surface area is 218 Å². The third kappa shape index (κ3) is 3.88. The molecule has 3 aromatic carbocycles. The maximum absolute atomic E-state index is 13.3. The van der Waals surface area contributed by atoms with Crippen molar-refractivity contribution >= 4 is 28.7 Å². The Morgan fingerprint density at radius 2 is 1.76 bits per heavy atom. The summed E-state index contributed by atoms with van der Waals surface area (Å²) in [6.07, 6.45) is 0. The topological polar surface area (TPSA) is 104 Å². The van der Waals surface area contributed by atoms with Crippen molar-refractivity contribution in [1.29, 1.82) is 0 Å². The number of imide groups is 1. The van der Waals surface area contributed by atoms with Crippen LogP contribution in [0.4, 0.5) is 4.79 Å². The van der Waals surface area contributed by atoms with Crippen LogP contribution in [-0.2, 0) is 24.5 Å². The number of carbonyl (C=O) groups excluding carboxylic acids is 3. The van der Waals surface area contributed by atoms with Gasteiger partial charge in [0.1, 0.15) is 12.4 Å². The second kappa shape index (κ2) is 9.35. The minimum absolute atomic E-state index is 0.219. The highest BCUT2D eigenvalue weighted by atomic mass is 16.5. The first-order chi connectivity index (χ1) is 18.5. The number of ether oxygens (including phenoxy) is 1. The van der Waals surface area contributed by atoms with Crippen LogP contribution in [0.25, 0.3) is 10.9 Å². The minimum atomic E-state index is -0.581. The zero-order valence-corrected chi connectivity index (χ0v) is 20.8. The Bertz CT molecular complexity index is 1560. The van der Waals surface area contributed by atoms with Gasteiger partial charge in [-0.2, -0.15) is 0 Å². The molecule has 38 heavy (non-hydrogen) atoms. The Hall–Kier alpha value is -4.63. The number of nitrogens with zero attached hydrogens (tertiary/aromatic N) is 3. The van der Waals surface area contributed by atoms with Crippen LogP contribution in [0.3, 0.4) is 0 Å². The number of amides is 4. The molecule has 1 aromatic heterocycles. The van der Waals surface area contributed by atoms with Crippen molar-refractivity contribution in [3.8, 4) is 5.75 Å². The molecule has 0 spiro atoms. The Morgan fingerprint density at radius 3 is 2.50 bits per heavy atom. The molecule has 3 heterocycles. The van der Waals surface area contributed by atoms with Crippen LogP contribution in [0.15, 0.2) is 72.8 Å². The van der Waals surface area contributed by atoms with Gasteiger partial charge in [-0.05, 0) is 35.4 Å². The van der Waals surface area contributed by atoms with E-state index in [2.05, 4.69) is 4.57 Å². The van der Waals surface area contributed by atoms with E-state index >= 15 is 0 Å². The van der Waals surface area contributed by atoms with Gasteiger partial charge in [-0.3, -0.25) is 19.7 Å². The lowest BCUT2D eigenvalue weighted by molar-refractivity contribution is -0.132. The molecule has 0 radical (unpaired) electrons. The molecule has 1 unspecified atom stereocenters. The van der Waals surface area contributed by atoms with Crippen LogP contribution in [0.5, 0.6) is 5.75 Å². The second-order valence-corrected chi connectivity index (χ2v) is 9.62. The molecule has 9 nitrogen and oxygen atoms in total. The smallest absolute Gasteiger partial charge is 0.326 e. The van der Waals surface area contributed by atoms with E-state index < -0.39 is 11.8 Å². The number of urea groups is 1. The maximum atomic E-state index is 13.3. The lowest BCUT2D eigenvalue weighted by Crippen LogP contribution is -2.56. The van der Waals surface area contributed by atoms with E-state index in [4.69, 9.17) is 9.94 Å². The predicted molar refractivity (Wildman–Crippen MR) is 139 cm³/mol. The van der Waals surface area contributed by atoms with Crippen molar-refractivity contribution in [2.75, 3.05) is 13.6 Å². The molecule has 1 saturated heterocycles. The van der Waals surface area contributed by atoms with Gasteiger partial charge >= 0.3 is 6.03 Å². The van der Waals surface area contributed by atoms with Crippen LogP contribution < -0.4 is 10.2 Å². The van der Waals surface area contributed by atoms with E-state index in [1.165, 1.54) is 11.9 Å². The van der Waals surface area contributed by atoms with Crippen LogP contribution in [0.1, 0.15) is 38.7 Å². The largest absolute Gasteiger partial charge is 0.488 e. The number of nitrogens with one attached hydrogen (secondary N) is 1. The number of likely N-dealkylation sites (N-methyl/N-ethyl adjacent to an activating group) is 1. The molecule has 2 bridgehead atoms. The molecule has 1 atom stereocenters. The molecular formula is C29H26N4O5. The van der Waals surface area contributed by atoms with Crippen molar-refractivity contribution in [3.63, 3.8) is 0 Å². The molecule has 2 N–H and O–H groups in total. The zero-order valence-electron chi connectivity index (χ0n) is 20.8. The fourth-order valence-electron chi connectivity index (χ4n) is 5.49. The number of rotatable bonds is 6. The number of carbonyl (C=O) groups is 3. The molecule has 4 amide bonds. The molecule has 2 aliphatic heterocycles. The molecule has 1 fully saturated rings. The average Bonchev–Trinajstić information content (AvgIpc) is 3.28. The van der Waals surface area contributed by atoms with Gasteiger partial charge in [0.15, 0.2) is 0 Å². The van der Waals surface area contributed by atoms with E-state index in [9.17, 15) is 14.4 Å². The Balaban J connectivity index is 1.47. The van der Waals surface area contributed by atoms with Gasteiger partial charge < -0.3 is 14.2 Å². The average molecular weight is 511 g/mol. The summed E-state index contributed by atoms with van der Waals surface area (Å²) in [7, 11) is 1.53. The molecule has 0 saturated carbocycles. The van der Waals surface area contributed by atoms with Gasteiger partial charge in [-0.1, -0.05) is 48.5 Å². The zero-order chi connectivity index (χ0) is 26.4. The van der Waals surface area contributed by atoms with E-state index in [1.807, 2.05) is 60.7 Å². The quantitative estimate of drug-likeness (QED) is 0.303. The molecule has 0 aliphatic carbocycles. The van der Waals surface area contributed by atoms with Crippen LogP contribution >= 0.6 is 0 Å². The maximum Gasteiger partial charge on any atom is 0.326 e. The monoisotopic (exact) mass is 510 g/mol. The summed E-state index contributed by atoms with van der Waals surface area (Å²) in [4.78, 5) is 40.8. The highest BCUT2D eigenvalue weighted by molar-refractivity contribution is 6.05. The summed E-state index contributed by atoms with van der Waals surface area (Å²) in [5, 5.41) is 9.80. The van der Waals surface area contributed by atoms with E-state index in [1.54, 1.807) is 22.5 Å². The van der Waals surface area contributed by atoms with Gasteiger partial charge in [0.05, 0.1) is 18.0 Å². The van der Waals surface area contributed by atoms with Crippen LogP contribution in [0.2, 0.25) is 0 Å². The van der Waals surface area contributed by atoms with Gasteiger partial charge in [0.25, 0.3) is 5.91 Å². The highest BCUT2D eigenvalue weighted by Crippen LogP contribution is 2.44. The molecule has 9 heteroatoms. The van der Waals surface area contributed by atoms with Gasteiger partial charge in [-0.25, -0.2) is 10.3 Å². The number of hydrogen-bond donors (Lipinski definition) is 2. The first-order valence-electron chi connectivity index (χ1n) is 12.4. The van der Waals surface area contributed by atoms with E-state index in [0.29, 0.717) is 37.6 Å². The Morgan fingerprint density at radius 1 is 1.00 bits per heavy atom. The van der Waals surface area contributed by atoms with Crippen molar-refractivity contribution < 1.29 is 24.3 Å². The number of hydrogen-bond acceptors (Lipinski definition) is 5. The second-order valence-electron chi connectivity index (χ2n) is 9.62. The summed E-state index contributed by atoms with van der Waals surface area (Å²) >= 11 is 0. The third-order valence-electron chi connectivity index (χ3n) is 7.37. The summed E-state index contributed by atoms with van der Waals surface area (Å²) in [5.41, 5.74) is 6.66. The SMILES string of the molecule is CN1C(=O)C2CN(Cc3c2c2c(OCc4ccccc4)cccc2n3Cc2ccc(C(=O)NO)cc2)C1=O. The molecule has 2 aliphatic rings. The normalized spacial score (nSPS) is 16.5. The third-order valence-corrected chi connectivity index (χ3v) is 7.37. The summed E-state index contributed by atoms with van der Waals surface area (Å²) in [5.74, 6) is -0.592. The van der Waals surface area contributed by atoms with E-state index in [-0.39, 0.29) is 11.9 Å². The minimum Gasteiger partial charge on any atom is -0.488 e. The van der Waals surface area contributed by atoms with Crippen molar-refractivity contribution in [1.82, 2.24) is 19.8 Å². The summed E-state index contributed by atoms with van der Waals surface area (Å²) in [6, 6.07) is 22.4. The van der Waals surface area contributed by atoms with Crippen molar-refractivity contribution in [2.24, 2.45) is 0 Å². The molecule has 6 rings (SSSR count). The first-order valence-corrected chi connectivity index (χ1v) is 12.4. The fourth-order valence-corrected chi connectivity index (χ4v) is 5.49. The summed E-state index contributed by atoms with van der Waals surface area (Å²) in [6.45, 7) is 1.57. The molecule has 192 valence electrons. The lowest BCUT2D eigenvalue weighted by atomic mass is 9.89. The van der Waals surface area contributed by atoms with Gasteiger partial charge in [-0.15, -0.1) is 0 Å². The van der Waals surface area contributed by atoms with Gasteiger partial charge in [0.2, 0.25) is 5.91 Å². The Kier molecular flexibility index (Phi) is 5.84. The number of fused-ring (bicyclic) bond motifs is 6. The highest BCUT2D eigenvalue weighted by Gasteiger charge is 2.45. The summed E-state index contributed by atoms with van der Waals surface area (Å²) < 4.78 is 8.45. The number of hydroxylamine groups is 1. The number of aromatic nitrogens is 1. The first kappa shape index (κ1) is 23.7. The lowest BCUT2D eigenvalue weighted by Gasteiger charge is -2.41. The van der Waals surface area contributed by atoms with Crippen LogP contribution in [0, 0.1) is 0 Å². The van der Waals surface area contributed by atoms with Gasteiger partial charge in [0, 0.05) is 42.3 Å². The van der Waals surface area contributed by atoms with Crippen molar-refractivity contribution in [2.45, 2.75) is 25.6 Å². The van der Waals surface area contributed by atoms with Crippen LogP contribution in [-0.4, -0.2) is 51.0 Å². The van der Waals surface area contributed by atoms with Crippen molar-refractivity contribution in [3.05, 3.63) is 101 Å². The number of benzene rings is 3. The fraction of sp³-hybridized carbons (Fsp3) is 0.207. The molecule has 4 aromatic rings. The molecular weight excluding hydrogens is 484 g/mol. The van der Waals surface area contributed by atoms with E-state index in [0.717, 1.165) is 33.3 Å². The predicted octanol–water partition coefficient (Wildman–Crippen LogP) is 3.88. The standard InChI is InChI=1S/C29H26N4O5/c1-31-28(35)21-15-32(29(31)36)16-23-25(21)26-22(8-5-9-24(26)38-17-19-6-3-2-4-7-19)33(23)14-18-10-12-20(13-11-18)27(34)30-37/h2-13,21,37H,14-17H2,1H3,(H,30,34).